The molecule has 0 unspecified atom stereocenters. The molecule has 1 aliphatic carbocycles. The van der Waals surface area contributed by atoms with Gasteiger partial charge in [0.2, 0.25) is 0 Å². The number of carbonyl (C=O) groups is 1. The van der Waals surface area contributed by atoms with Gasteiger partial charge in [-0.05, 0) is 43.4 Å². The molecule has 0 aromatic heterocycles. The van der Waals surface area contributed by atoms with E-state index < -0.39 is 0 Å². The van der Waals surface area contributed by atoms with Crippen molar-refractivity contribution in [1.29, 1.82) is 0 Å². The van der Waals surface area contributed by atoms with Crippen molar-refractivity contribution >= 4 is 5.78 Å². The van der Waals surface area contributed by atoms with Crippen molar-refractivity contribution in [3.8, 4) is 0 Å². The Labute approximate surface area is 232 Å². The maximum atomic E-state index is 12.2. The summed E-state index contributed by atoms with van der Waals surface area (Å²) in [5, 5.41) is 0. The molecule has 0 spiro atoms. The first-order valence-electron chi connectivity index (χ1n) is 12.1. The average Bonchev–Trinajstić information content (AvgIpc) is 2.61. The molecule has 29 heavy (non-hydrogen) atoms. The quantitative estimate of drug-likeness (QED) is 0.142. The molecule has 0 aromatic carbocycles. The van der Waals surface area contributed by atoms with Crippen LogP contribution in [-0.4, -0.2) is 5.78 Å². The zero-order valence-electron chi connectivity index (χ0n) is 19.4. The molecule has 0 radical (unpaired) electrons. The van der Waals surface area contributed by atoms with Gasteiger partial charge in [-0.3, -0.25) is 4.79 Å². The molecule has 0 aliphatic heterocycles. The van der Waals surface area contributed by atoms with E-state index in [4.69, 9.17) is 0 Å². The Morgan fingerprint density at radius 3 is 1.52 bits per heavy atom. The Morgan fingerprint density at radius 2 is 1.10 bits per heavy atom. The van der Waals surface area contributed by atoms with Gasteiger partial charge < -0.3 is 0 Å². The van der Waals surface area contributed by atoms with E-state index in [9.17, 15) is 4.79 Å². The standard InChI is InChI=1S/C25H48O.CH4.2U/c1-4-5-6-7-8-9-10-11-12-13-14-15-16-17-24(26)22-23-18-20-25(2,3)21-19-23;;;/h23H,4-22H2,1-3H3;1H4;;. The molecule has 0 amide bonds. The number of hydrogen-bond acceptors (Lipinski definition) is 1. The second-order valence-corrected chi connectivity index (χ2v) is 9.84. The summed E-state index contributed by atoms with van der Waals surface area (Å²) in [6.07, 6.45) is 24.8. The molecule has 3 heteroatoms. The molecule has 170 valence electrons. The molecule has 0 heterocycles. The summed E-state index contributed by atoms with van der Waals surface area (Å²) in [5.74, 6) is 1.23. The molecule has 1 rings (SSSR count). The van der Waals surface area contributed by atoms with Gasteiger partial charge in [0.25, 0.3) is 0 Å². The predicted molar refractivity (Wildman–Crippen MR) is 122 cm³/mol. The van der Waals surface area contributed by atoms with Gasteiger partial charge in [-0.2, -0.15) is 0 Å². The van der Waals surface area contributed by atoms with Crippen LogP contribution in [0.1, 0.15) is 150 Å². The van der Waals surface area contributed by atoms with E-state index >= 15 is 0 Å². The van der Waals surface area contributed by atoms with Gasteiger partial charge in [0.05, 0.1) is 0 Å². The van der Waals surface area contributed by atoms with Crippen LogP contribution in [0.3, 0.4) is 0 Å². The van der Waals surface area contributed by atoms with Gasteiger partial charge in [0, 0.05) is 75.1 Å². The van der Waals surface area contributed by atoms with E-state index in [1.54, 1.807) is 0 Å². The predicted octanol–water partition coefficient (Wildman–Crippen LogP) is 9.28. The minimum atomic E-state index is 0. The fraction of sp³-hybridized carbons (Fsp3) is 0.962. The number of Topliss-reactive ketones (excluding diaryl/α,β-unsaturated/α-hetero) is 1. The third kappa shape index (κ3) is 21.4. The number of rotatable bonds is 16. The Bertz CT molecular complexity index is 345. The second-order valence-electron chi connectivity index (χ2n) is 9.84. The van der Waals surface area contributed by atoms with E-state index in [1.807, 2.05) is 0 Å². The van der Waals surface area contributed by atoms with Crippen LogP contribution in [0.15, 0.2) is 0 Å². The van der Waals surface area contributed by atoms with Crippen LogP contribution < -0.4 is 0 Å². The number of ketones is 1. The van der Waals surface area contributed by atoms with E-state index in [2.05, 4.69) is 20.8 Å². The average molecular weight is 857 g/mol. The van der Waals surface area contributed by atoms with E-state index in [0.717, 1.165) is 19.3 Å². The molecule has 0 aromatic rings. The van der Waals surface area contributed by atoms with Gasteiger partial charge in [-0.15, -0.1) is 0 Å². The zero-order chi connectivity index (χ0) is 19.1. The summed E-state index contributed by atoms with van der Waals surface area (Å²) in [5.41, 5.74) is 0.522. The van der Waals surface area contributed by atoms with Crippen LogP contribution in [-0.2, 0) is 4.79 Å². The molecule has 1 fully saturated rings. The number of hydrogen-bond donors (Lipinski definition) is 0. The molecule has 1 saturated carbocycles. The second kappa shape index (κ2) is 22.9. The van der Waals surface area contributed by atoms with Crippen molar-refractivity contribution in [2.45, 2.75) is 150 Å². The van der Waals surface area contributed by atoms with E-state index in [-0.39, 0.29) is 69.7 Å². The summed E-state index contributed by atoms with van der Waals surface area (Å²) in [6.45, 7) is 7.03. The minimum Gasteiger partial charge on any atom is -0.300 e. The fourth-order valence-corrected chi connectivity index (χ4v) is 4.43. The first kappa shape index (κ1) is 35.4. The largest absolute Gasteiger partial charge is 0.300 e. The van der Waals surface area contributed by atoms with Crippen LogP contribution in [0, 0.1) is 73.6 Å². The third-order valence-electron chi connectivity index (χ3n) is 6.53. The van der Waals surface area contributed by atoms with Crippen LogP contribution in [0.25, 0.3) is 0 Å². The normalized spacial score (nSPS) is 15.7. The molecule has 0 atom stereocenters. The van der Waals surface area contributed by atoms with Gasteiger partial charge in [-0.1, -0.05) is 105 Å². The van der Waals surface area contributed by atoms with Crippen molar-refractivity contribution in [2.24, 2.45) is 11.3 Å². The zero-order valence-corrected chi connectivity index (χ0v) is 27.7. The smallest absolute Gasteiger partial charge is 0.133 e. The SMILES string of the molecule is C.CCCCCCCCCCCCCCCC(=O)CC1CCC(C)(C)CC1.[U].[U]. The first-order chi connectivity index (χ1) is 12.5. The Balaban J connectivity index is -0.00000225. The van der Waals surface area contributed by atoms with Gasteiger partial charge >= 0.3 is 0 Å². The van der Waals surface area contributed by atoms with E-state index in [1.165, 1.54) is 103 Å². The summed E-state index contributed by atoms with van der Waals surface area (Å²) in [7, 11) is 0. The molecule has 0 bridgehead atoms. The molecule has 0 N–H and O–H groups in total. The molecular weight excluding hydrogens is 804 g/mol. The fourth-order valence-electron chi connectivity index (χ4n) is 4.43. The van der Waals surface area contributed by atoms with Crippen LogP contribution >= 0.6 is 0 Å². The van der Waals surface area contributed by atoms with Crippen LogP contribution in [0.2, 0.25) is 0 Å². The Kier molecular flexibility index (Phi) is 28.0. The van der Waals surface area contributed by atoms with Crippen molar-refractivity contribution in [3.05, 3.63) is 0 Å². The summed E-state index contributed by atoms with van der Waals surface area (Å²) in [6, 6.07) is 0. The van der Waals surface area contributed by atoms with Crippen molar-refractivity contribution in [1.82, 2.24) is 0 Å². The number of unbranched alkanes of at least 4 members (excludes halogenated alkanes) is 12. The van der Waals surface area contributed by atoms with E-state index in [0.29, 0.717) is 17.1 Å². The summed E-state index contributed by atoms with van der Waals surface area (Å²) in [4.78, 5) is 12.2. The van der Waals surface area contributed by atoms with Crippen LogP contribution in [0.5, 0.6) is 0 Å². The van der Waals surface area contributed by atoms with Gasteiger partial charge in [0.15, 0.2) is 0 Å². The molecule has 0 saturated heterocycles. The Hall–Kier alpha value is 1.77. The van der Waals surface area contributed by atoms with Gasteiger partial charge in [0.1, 0.15) is 5.78 Å². The molecule has 1 nitrogen and oxygen atoms in total. The molecular formula is C26H52OU2. The maximum Gasteiger partial charge on any atom is 0.133 e. The first-order valence-corrected chi connectivity index (χ1v) is 12.1. The number of carbonyl (C=O) groups excluding carboxylic acids is 1. The van der Waals surface area contributed by atoms with Crippen LogP contribution in [0.4, 0.5) is 0 Å². The van der Waals surface area contributed by atoms with Crippen molar-refractivity contribution in [3.63, 3.8) is 0 Å². The summed E-state index contributed by atoms with van der Waals surface area (Å²) >= 11 is 0. The van der Waals surface area contributed by atoms with Gasteiger partial charge in [-0.25, -0.2) is 0 Å². The topological polar surface area (TPSA) is 17.1 Å². The monoisotopic (exact) mass is 857 g/mol. The van der Waals surface area contributed by atoms with Crippen molar-refractivity contribution < 1.29 is 67.0 Å². The molecule has 1 aliphatic rings. The minimum absolute atomic E-state index is 0. The summed E-state index contributed by atoms with van der Waals surface area (Å²) < 4.78 is 0. The Morgan fingerprint density at radius 1 is 0.724 bits per heavy atom. The maximum absolute atomic E-state index is 12.2. The third-order valence-corrected chi connectivity index (χ3v) is 6.53. The van der Waals surface area contributed by atoms with Crippen molar-refractivity contribution in [2.75, 3.05) is 0 Å².